The van der Waals surface area contributed by atoms with Gasteiger partial charge in [-0.05, 0) is 35.9 Å². The molecular formula is C17H13Cl2N3O. The van der Waals surface area contributed by atoms with Gasteiger partial charge in [0.2, 0.25) is 0 Å². The Kier molecular flexibility index (Phi) is 4.65. The molecule has 0 bridgehead atoms. The number of anilines is 1. The Bertz CT molecular complexity index is 845. The third-order valence-electron chi connectivity index (χ3n) is 3.22. The van der Waals surface area contributed by atoms with Gasteiger partial charge in [0.15, 0.2) is 5.82 Å². The number of hydrogen-bond donors (Lipinski definition) is 1. The van der Waals surface area contributed by atoms with E-state index in [4.69, 9.17) is 23.2 Å². The highest BCUT2D eigenvalue weighted by atomic mass is 35.5. The van der Waals surface area contributed by atoms with E-state index < -0.39 is 0 Å². The molecule has 4 nitrogen and oxygen atoms in total. The fourth-order valence-electron chi connectivity index (χ4n) is 2.18. The zero-order valence-electron chi connectivity index (χ0n) is 12.0. The molecule has 3 aromatic rings. The van der Waals surface area contributed by atoms with Crippen LogP contribution in [-0.2, 0) is 6.54 Å². The van der Waals surface area contributed by atoms with Crippen molar-refractivity contribution < 1.29 is 4.79 Å². The number of carbonyl (C=O) groups excluding carboxylic acids is 1. The second kappa shape index (κ2) is 6.86. The summed E-state index contributed by atoms with van der Waals surface area (Å²) in [5, 5.41) is 3.96. The Morgan fingerprint density at radius 2 is 1.83 bits per heavy atom. The maximum atomic E-state index is 12.1. The molecule has 1 N–H and O–H groups in total. The van der Waals surface area contributed by atoms with Gasteiger partial charge < -0.3 is 9.88 Å². The number of halogens is 2. The van der Waals surface area contributed by atoms with Crippen LogP contribution in [0.2, 0.25) is 10.0 Å². The summed E-state index contributed by atoms with van der Waals surface area (Å²) < 4.78 is 1.87. The van der Waals surface area contributed by atoms with Crippen LogP contribution in [0, 0.1) is 0 Å². The first-order valence-corrected chi connectivity index (χ1v) is 7.69. The normalized spacial score (nSPS) is 10.5. The van der Waals surface area contributed by atoms with Crippen molar-refractivity contribution in [2.45, 2.75) is 6.54 Å². The van der Waals surface area contributed by atoms with Crippen LogP contribution in [0.5, 0.6) is 0 Å². The zero-order valence-corrected chi connectivity index (χ0v) is 13.6. The van der Waals surface area contributed by atoms with Crippen molar-refractivity contribution in [2.24, 2.45) is 0 Å². The van der Waals surface area contributed by atoms with Crippen molar-refractivity contribution in [3.8, 4) is 0 Å². The summed E-state index contributed by atoms with van der Waals surface area (Å²) in [6.45, 7) is 0.626. The van der Waals surface area contributed by atoms with E-state index in [1.807, 2.05) is 28.8 Å². The van der Waals surface area contributed by atoms with Crippen LogP contribution in [0.15, 0.2) is 61.1 Å². The van der Waals surface area contributed by atoms with Gasteiger partial charge in [0, 0.05) is 28.4 Å². The molecule has 1 aromatic heterocycles. The van der Waals surface area contributed by atoms with Gasteiger partial charge >= 0.3 is 0 Å². The fraction of sp³-hybridized carbons (Fsp3) is 0.0588. The molecule has 2 aromatic carbocycles. The number of rotatable bonds is 4. The Balaban J connectivity index is 1.68. The van der Waals surface area contributed by atoms with E-state index in [0.29, 0.717) is 28.0 Å². The molecule has 0 saturated carbocycles. The third kappa shape index (κ3) is 4.12. The molecule has 0 spiro atoms. The van der Waals surface area contributed by atoms with Gasteiger partial charge in [0.25, 0.3) is 5.91 Å². The molecule has 0 unspecified atom stereocenters. The van der Waals surface area contributed by atoms with Crippen LogP contribution < -0.4 is 5.32 Å². The average Bonchev–Trinajstić information content (AvgIpc) is 2.94. The van der Waals surface area contributed by atoms with Gasteiger partial charge in [-0.15, -0.1) is 0 Å². The smallest absolute Gasteiger partial charge is 0.256 e. The van der Waals surface area contributed by atoms with Crippen LogP contribution in [-0.4, -0.2) is 15.5 Å². The molecule has 0 fully saturated rings. The molecule has 0 aliphatic heterocycles. The van der Waals surface area contributed by atoms with Gasteiger partial charge in [-0.1, -0.05) is 41.4 Å². The van der Waals surface area contributed by atoms with Crippen LogP contribution in [0.3, 0.4) is 0 Å². The summed E-state index contributed by atoms with van der Waals surface area (Å²) in [6, 6.07) is 14.4. The summed E-state index contributed by atoms with van der Waals surface area (Å²) in [5.41, 5.74) is 1.55. The molecule has 0 atom stereocenters. The average molecular weight is 346 g/mol. The molecule has 3 rings (SSSR count). The first-order chi connectivity index (χ1) is 11.1. The maximum absolute atomic E-state index is 12.1. The Morgan fingerprint density at radius 1 is 1.09 bits per heavy atom. The van der Waals surface area contributed by atoms with Crippen LogP contribution in [0.1, 0.15) is 15.9 Å². The molecule has 0 saturated heterocycles. The van der Waals surface area contributed by atoms with Crippen molar-refractivity contribution in [2.75, 3.05) is 5.32 Å². The minimum atomic E-state index is -0.250. The molecule has 6 heteroatoms. The van der Waals surface area contributed by atoms with E-state index in [1.165, 1.54) is 0 Å². The Morgan fingerprint density at radius 3 is 2.57 bits per heavy atom. The van der Waals surface area contributed by atoms with Crippen molar-refractivity contribution >= 4 is 34.9 Å². The van der Waals surface area contributed by atoms with Crippen LogP contribution in [0.4, 0.5) is 5.82 Å². The van der Waals surface area contributed by atoms with Gasteiger partial charge in [0.1, 0.15) is 0 Å². The standard InChI is InChI=1S/C17H13Cl2N3O/c18-14-5-1-3-12(7-14)9-22-10-16(20-11-22)21-17(23)13-4-2-6-15(19)8-13/h1-8,10-11H,9H2,(H,21,23). The number of hydrogen-bond acceptors (Lipinski definition) is 2. The lowest BCUT2D eigenvalue weighted by molar-refractivity contribution is 0.102. The summed E-state index contributed by atoms with van der Waals surface area (Å²) in [5.74, 6) is 0.234. The lowest BCUT2D eigenvalue weighted by Gasteiger charge is -2.03. The predicted octanol–water partition coefficient (Wildman–Crippen LogP) is 4.49. The highest BCUT2D eigenvalue weighted by Crippen LogP contribution is 2.15. The maximum Gasteiger partial charge on any atom is 0.256 e. The third-order valence-corrected chi connectivity index (χ3v) is 3.69. The van der Waals surface area contributed by atoms with Crippen molar-refractivity contribution in [1.29, 1.82) is 0 Å². The van der Waals surface area contributed by atoms with Crippen molar-refractivity contribution in [3.63, 3.8) is 0 Å². The largest absolute Gasteiger partial charge is 0.331 e. The number of nitrogens with zero attached hydrogens (tertiary/aromatic N) is 2. The lowest BCUT2D eigenvalue weighted by Crippen LogP contribution is -2.12. The highest BCUT2D eigenvalue weighted by Gasteiger charge is 2.08. The van der Waals surface area contributed by atoms with Crippen LogP contribution in [0.25, 0.3) is 0 Å². The Hall–Kier alpha value is -2.30. The number of aromatic nitrogens is 2. The second-order valence-corrected chi connectivity index (χ2v) is 5.90. The first kappa shape index (κ1) is 15.6. The molecule has 1 heterocycles. The summed E-state index contributed by atoms with van der Waals surface area (Å²) >= 11 is 11.9. The van der Waals surface area contributed by atoms with E-state index >= 15 is 0 Å². The minimum Gasteiger partial charge on any atom is -0.331 e. The lowest BCUT2D eigenvalue weighted by atomic mass is 10.2. The first-order valence-electron chi connectivity index (χ1n) is 6.93. The molecule has 0 radical (unpaired) electrons. The van der Waals surface area contributed by atoms with E-state index in [0.717, 1.165) is 5.56 Å². The monoisotopic (exact) mass is 345 g/mol. The van der Waals surface area contributed by atoms with E-state index in [1.54, 1.807) is 36.8 Å². The topological polar surface area (TPSA) is 46.9 Å². The van der Waals surface area contributed by atoms with Crippen molar-refractivity contribution in [1.82, 2.24) is 9.55 Å². The van der Waals surface area contributed by atoms with Gasteiger partial charge in [0.05, 0.1) is 6.33 Å². The zero-order chi connectivity index (χ0) is 16.2. The molecular weight excluding hydrogens is 333 g/mol. The van der Waals surface area contributed by atoms with E-state index in [2.05, 4.69) is 10.3 Å². The molecule has 116 valence electrons. The molecule has 1 amide bonds. The second-order valence-electron chi connectivity index (χ2n) is 5.03. The van der Waals surface area contributed by atoms with Crippen molar-refractivity contribution in [3.05, 3.63) is 82.2 Å². The van der Waals surface area contributed by atoms with Gasteiger partial charge in [-0.3, -0.25) is 4.79 Å². The number of imidazole rings is 1. The number of amides is 1. The SMILES string of the molecule is O=C(Nc1cn(Cc2cccc(Cl)c2)cn1)c1cccc(Cl)c1. The molecule has 0 aliphatic carbocycles. The van der Waals surface area contributed by atoms with E-state index in [9.17, 15) is 4.79 Å². The number of nitrogens with one attached hydrogen (secondary N) is 1. The highest BCUT2D eigenvalue weighted by molar-refractivity contribution is 6.31. The fourth-order valence-corrected chi connectivity index (χ4v) is 2.58. The predicted molar refractivity (Wildman–Crippen MR) is 92.2 cm³/mol. The van der Waals surface area contributed by atoms with Gasteiger partial charge in [-0.2, -0.15) is 0 Å². The summed E-state index contributed by atoms with van der Waals surface area (Å²) in [7, 11) is 0. The molecule has 0 aliphatic rings. The van der Waals surface area contributed by atoms with E-state index in [-0.39, 0.29) is 5.91 Å². The minimum absolute atomic E-state index is 0.250. The molecule has 23 heavy (non-hydrogen) atoms. The quantitative estimate of drug-likeness (QED) is 0.757. The van der Waals surface area contributed by atoms with Crippen LogP contribution >= 0.6 is 23.2 Å². The number of carbonyl (C=O) groups is 1. The number of benzene rings is 2. The summed E-state index contributed by atoms with van der Waals surface area (Å²) in [4.78, 5) is 16.3. The summed E-state index contributed by atoms with van der Waals surface area (Å²) in [6.07, 6.45) is 3.43. The van der Waals surface area contributed by atoms with Gasteiger partial charge in [-0.25, -0.2) is 4.98 Å². The Labute approximate surface area is 143 Å².